The van der Waals surface area contributed by atoms with Crippen LogP contribution in [-0.4, -0.2) is 47.1 Å². The van der Waals surface area contributed by atoms with Gasteiger partial charge in [0, 0.05) is 25.8 Å². The van der Waals surface area contributed by atoms with E-state index in [9.17, 15) is 20.0 Å². The number of phenolic OH excluding ortho intramolecular Hbond substituents is 1. The van der Waals surface area contributed by atoms with Gasteiger partial charge in [-0.2, -0.15) is 0 Å². The van der Waals surface area contributed by atoms with Gasteiger partial charge in [0.2, 0.25) is 5.75 Å². The number of aromatic hydroxyl groups is 1. The summed E-state index contributed by atoms with van der Waals surface area (Å²) >= 11 is 0. The molecule has 19 heavy (non-hydrogen) atoms. The van der Waals surface area contributed by atoms with Gasteiger partial charge in [0.05, 0.1) is 17.1 Å². The Bertz CT molecular complexity index is 495. The zero-order valence-electron chi connectivity index (χ0n) is 10.2. The molecule has 1 aromatic rings. The fourth-order valence-electron chi connectivity index (χ4n) is 1.97. The maximum Gasteiger partial charge on any atom is 0.311 e. The summed E-state index contributed by atoms with van der Waals surface area (Å²) in [5, 5.41) is 20.5. The summed E-state index contributed by atoms with van der Waals surface area (Å²) in [6.07, 6.45) is 0.710. The number of rotatable bonds is 2. The van der Waals surface area contributed by atoms with Crippen LogP contribution >= 0.6 is 0 Å². The highest BCUT2D eigenvalue weighted by molar-refractivity contribution is 5.98. The van der Waals surface area contributed by atoms with E-state index in [0.29, 0.717) is 32.7 Å². The lowest BCUT2D eigenvalue weighted by molar-refractivity contribution is -0.385. The second kappa shape index (κ2) is 5.66. The molecular formula is C12H14N2O5. The van der Waals surface area contributed by atoms with Gasteiger partial charge in [-0.1, -0.05) is 6.07 Å². The predicted octanol–water partition coefficient (Wildman–Crippen LogP) is 1.16. The smallest absolute Gasteiger partial charge is 0.311 e. The summed E-state index contributed by atoms with van der Waals surface area (Å²) in [7, 11) is 0. The first-order chi connectivity index (χ1) is 9.11. The Morgan fingerprint density at radius 2 is 2.16 bits per heavy atom. The summed E-state index contributed by atoms with van der Waals surface area (Å²) < 4.78 is 5.24. The molecule has 1 heterocycles. The lowest BCUT2D eigenvalue weighted by atomic mass is 10.1. The van der Waals surface area contributed by atoms with Crippen LogP contribution in [0.5, 0.6) is 5.75 Å². The Kier molecular flexibility index (Phi) is 3.96. The Balaban J connectivity index is 2.28. The van der Waals surface area contributed by atoms with Crippen molar-refractivity contribution in [2.75, 3.05) is 26.3 Å². The van der Waals surface area contributed by atoms with Gasteiger partial charge < -0.3 is 14.7 Å². The zero-order chi connectivity index (χ0) is 13.8. The zero-order valence-corrected chi connectivity index (χ0v) is 10.2. The number of carbonyl (C=O) groups is 1. The van der Waals surface area contributed by atoms with E-state index in [1.165, 1.54) is 17.0 Å². The molecule has 1 saturated heterocycles. The van der Waals surface area contributed by atoms with E-state index in [4.69, 9.17) is 4.74 Å². The highest BCUT2D eigenvalue weighted by atomic mass is 16.6. The molecule has 0 radical (unpaired) electrons. The van der Waals surface area contributed by atoms with Crippen molar-refractivity contribution in [3.05, 3.63) is 33.9 Å². The summed E-state index contributed by atoms with van der Waals surface area (Å²) in [5.74, 6) is -0.991. The molecule has 7 heteroatoms. The molecule has 1 amide bonds. The van der Waals surface area contributed by atoms with Crippen LogP contribution in [0.4, 0.5) is 5.69 Å². The van der Waals surface area contributed by atoms with Crippen LogP contribution in [0.15, 0.2) is 18.2 Å². The maximum atomic E-state index is 12.2. The lowest BCUT2D eigenvalue weighted by Gasteiger charge is -2.19. The first-order valence-electron chi connectivity index (χ1n) is 5.94. The molecule has 1 N–H and O–H groups in total. The average molecular weight is 266 g/mol. The second-order valence-electron chi connectivity index (χ2n) is 4.19. The number of amides is 1. The minimum absolute atomic E-state index is 0.0453. The molecule has 0 unspecified atom stereocenters. The molecule has 0 bridgehead atoms. The van der Waals surface area contributed by atoms with E-state index in [1.54, 1.807) is 0 Å². The van der Waals surface area contributed by atoms with E-state index < -0.39 is 22.3 Å². The molecule has 0 aliphatic carbocycles. The molecule has 1 aliphatic heterocycles. The lowest BCUT2D eigenvalue weighted by Crippen LogP contribution is -2.33. The van der Waals surface area contributed by atoms with Crippen molar-refractivity contribution in [3.8, 4) is 5.75 Å². The van der Waals surface area contributed by atoms with Gasteiger partial charge >= 0.3 is 5.69 Å². The summed E-state index contributed by atoms with van der Waals surface area (Å²) in [6, 6.07) is 3.94. The molecule has 1 aromatic carbocycles. The highest BCUT2D eigenvalue weighted by Gasteiger charge is 2.25. The molecule has 0 saturated carbocycles. The number of para-hydroxylation sites is 1. The topological polar surface area (TPSA) is 92.9 Å². The molecule has 1 fully saturated rings. The number of nitro benzene ring substituents is 1. The largest absolute Gasteiger partial charge is 0.502 e. The normalized spacial score (nSPS) is 15.9. The summed E-state index contributed by atoms with van der Waals surface area (Å²) in [4.78, 5) is 23.8. The van der Waals surface area contributed by atoms with E-state index in [0.717, 1.165) is 6.07 Å². The minimum atomic E-state index is -0.711. The summed E-state index contributed by atoms with van der Waals surface area (Å²) in [6.45, 7) is 1.95. The van der Waals surface area contributed by atoms with Gasteiger partial charge in [-0.15, -0.1) is 0 Å². The van der Waals surface area contributed by atoms with Crippen molar-refractivity contribution in [3.63, 3.8) is 0 Å². The number of hydrogen-bond acceptors (Lipinski definition) is 5. The summed E-state index contributed by atoms with van der Waals surface area (Å²) in [5.41, 5.74) is -0.506. The number of nitro groups is 1. The Morgan fingerprint density at radius 3 is 2.89 bits per heavy atom. The monoisotopic (exact) mass is 266 g/mol. The van der Waals surface area contributed by atoms with Crippen molar-refractivity contribution in [1.29, 1.82) is 0 Å². The molecule has 0 spiro atoms. The van der Waals surface area contributed by atoms with Crippen LogP contribution in [0.3, 0.4) is 0 Å². The third kappa shape index (κ3) is 2.82. The number of hydrogen-bond donors (Lipinski definition) is 1. The molecule has 7 nitrogen and oxygen atoms in total. The van der Waals surface area contributed by atoms with Crippen molar-refractivity contribution in [2.45, 2.75) is 6.42 Å². The van der Waals surface area contributed by atoms with Gasteiger partial charge in [-0.05, 0) is 12.5 Å². The molecule has 2 rings (SSSR count). The number of benzene rings is 1. The van der Waals surface area contributed by atoms with Crippen LogP contribution in [0.1, 0.15) is 16.8 Å². The quantitative estimate of drug-likeness (QED) is 0.640. The van der Waals surface area contributed by atoms with Crippen LogP contribution in [0.25, 0.3) is 0 Å². The average Bonchev–Trinajstić information content (AvgIpc) is 2.66. The van der Waals surface area contributed by atoms with E-state index in [-0.39, 0.29) is 5.56 Å². The standard InChI is InChI=1S/C12H14N2O5/c15-11-9(3-1-4-10(11)14(17)18)12(16)13-5-2-7-19-8-6-13/h1,3-4,15H,2,5-8H2. The Hall–Kier alpha value is -2.15. The molecule has 0 atom stereocenters. The Labute approximate surface area is 109 Å². The third-order valence-corrected chi connectivity index (χ3v) is 2.95. The molecule has 0 aromatic heterocycles. The van der Waals surface area contributed by atoms with Gasteiger partial charge in [0.15, 0.2) is 0 Å². The van der Waals surface area contributed by atoms with Gasteiger partial charge in [-0.25, -0.2) is 0 Å². The molecule has 102 valence electrons. The maximum absolute atomic E-state index is 12.2. The fourth-order valence-corrected chi connectivity index (χ4v) is 1.97. The Morgan fingerprint density at radius 1 is 1.37 bits per heavy atom. The van der Waals surface area contributed by atoms with Crippen LogP contribution in [-0.2, 0) is 4.74 Å². The minimum Gasteiger partial charge on any atom is -0.502 e. The van der Waals surface area contributed by atoms with Crippen molar-refractivity contribution in [1.82, 2.24) is 4.90 Å². The van der Waals surface area contributed by atoms with Crippen molar-refractivity contribution >= 4 is 11.6 Å². The third-order valence-electron chi connectivity index (χ3n) is 2.95. The second-order valence-corrected chi connectivity index (χ2v) is 4.19. The number of ether oxygens (including phenoxy) is 1. The molecule has 1 aliphatic rings. The fraction of sp³-hybridized carbons (Fsp3) is 0.417. The van der Waals surface area contributed by atoms with E-state index in [2.05, 4.69) is 0 Å². The van der Waals surface area contributed by atoms with Gasteiger partial charge in [0.1, 0.15) is 0 Å². The van der Waals surface area contributed by atoms with Gasteiger partial charge in [-0.3, -0.25) is 14.9 Å². The first-order valence-corrected chi connectivity index (χ1v) is 5.94. The SMILES string of the molecule is O=C(c1cccc([N+](=O)[O-])c1O)N1CCCOCC1. The van der Waals surface area contributed by atoms with Crippen molar-refractivity contribution < 1.29 is 19.6 Å². The predicted molar refractivity (Wildman–Crippen MR) is 66.1 cm³/mol. The van der Waals surface area contributed by atoms with Crippen LogP contribution < -0.4 is 0 Å². The first kappa shape index (κ1) is 13.3. The van der Waals surface area contributed by atoms with Crippen molar-refractivity contribution in [2.24, 2.45) is 0 Å². The van der Waals surface area contributed by atoms with Crippen LogP contribution in [0, 0.1) is 10.1 Å². The van der Waals surface area contributed by atoms with E-state index >= 15 is 0 Å². The van der Waals surface area contributed by atoms with Gasteiger partial charge in [0.25, 0.3) is 5.91 Å². The number of carbonyl (C=O) groups excluding carboxylic acids is 1. The van der Waals surface area contributed by atoms with E-state index in [1.807, 2.05) is 0 Å². The number of phenols is 1. The number of nitrogens with zero attached hydrogens (tertiary/aromatic N) is 2. The van der Waals surface area contributed by atoms with Crippen LogP contribution in [0.2, 0.25) is 0 Å². The highest BCUT2D eigenvalue weighted by Crippen LogP contribution is 2.30. The molecular weight excluding hydrogens is 252 g/mol.